The number of ether oxygens (including phenoxy) is 1. The summed E-state index contributed by atoms with van der Waals surface area (Å²) in [7, 11) is 1.77. The highest BCUT2D eigenvalue weighted by Crippen LogP contribution is 2.26. The largest absolute Gasteiger partial charge is 0.368 e. The number of hydrogen-bond donors (Lipinski definition) is 3. The lowest BCUT2D eigenvalue weighted by Gasteiger charge is -2.25. The van der Waals surface area contributed by atoms with Crippen molar-refractivity contribution in [3.63, 3.8) is 0 Å². The minimum absolute atomic E-state index is 0.0261. The Morgan fingerprint density at radius 2 is 2.14 bits per heavy atom. The second-order valence-electron chi connectivity index (χ2n) is 7.83. The molecule has 3 N–H and O–H groups in total. The summed E-state index contributed by atoms with van der Waals surface area (Å²) in [6, 6.07) is 12.1. The average molecular weight is 415 g/mol. The van der Waals surface area contributed by atoms with Gasteiger partial charge in [0.2, 0.25) is 0 Å². The van der Waals surface area contributed by atoms with E-state index in [1.807, 2.05) is 24.3 Å². The molecule has 3 rings (SSSR count). The van der Waals surface area contributed by atoms with E-state index in [2.05, 4.69) is 52.3 Å². The van der Waals surface area contributed by atoms with Gasteiger partial charge in [-0.25, -0.2) is 0 Å². The predicted molar refractivity (Wildman–Crippen MR) is 120 cm³/mol. The van der Waals surface area contributed by atoms with Gasteiger partial charge in [0.05, 0.1) is 0 Å². The maximum absolute atomic E-state index is 12.2. The number of anilines is 1. The first-order valence-corrected chi connectivity index (χ1v) is 10.9. The number of benzene rings is 1. The molecule has 1 atom stereocenters. The summed E-state index contributed by atoms with van der Waals surface area (Å²) in [6.45, 7) is 6.50. The first kappa shape index (κ1) is 21.3. The summed E-state index contributed by atoms with van der Waals surface area (Å²) >= 11 is 1.77. The molecule has 2 heterocycles. The number of nitrogens with zero attached hydrogens (tertiary/aromatic N) is 1. The van der Waals surface area contributed by atoms with Crippen LogP contribution < -0.4 is 16.0 Å². The van der Waals surface area contributed by atoms with Gasteiger partial charge >= 0.3 is 0 Å². The van der Waals surface area contributed by atoms with Gasteiger partial charge in [0.15, 0.2) is 5.96 Å². The summed E-state index contributed by atoms with van der Waals surface area (Å²) in [5, 5.41) is 11.8. The van der Waals surface area contributed by atoms with Crippen molar-refractivity contribution in [3.05, 3.63) is 52.2 Å². The van der Waals surface area contributed by atoms with E-state index >= 15 is 0 Å². The minimum atomic E-state index is -0.327. The van der Waals surface area contributed by atoms with Crippen LogP contribution in [0.1, 0.15) is 37.1 Å². The Morgan fingerprint density at radius 3 is 2.83 bits per heavy atom. The van der Waals surface area contributed by atoms with E-state index in [-0.39, 0.29) is 17.4 Å². The van der Waals surface area contributed by atoms with E-state index in [4.69, 9.17) is 4.74 Å². The smallest absolute Gasteiger partial charge is 0.253 e. The second kappa shape index (κ2) is 9.89. The van der Waals surface area contributed by atoms with Gasteiger partial charge in [0.1, 0.15) is 6.10 Å². The van der Waals surface area contributed by atoms with E-state index in [9.17, 15) is 4.79 Å². The predicted octanol–water partition coefficient (Wildman–Crippen LogP) is 3.51. The van der Waals surface area contributed by atoms with Crippen LogP contribution in [-0.4, -0.2) is 38.2 Å². The minimum Gasteiger partial charge on any atom is -0.368 e. The molecule has 0 aliphatic carbocycles. The van der Waals surface area contributed by atoms with Crippen LogP contribution in [0.3, 0.4) is 0 Å². The molecular formula is C22H30N4O2S. The standard InChI is InChI=1S/C22H30N4O2S/c1-22(2,19-10-6-12-29-19)15-25-21(23-3)24-14-16-7-4-8-17(13-16)26-20(27)18-9-5-11-28-18/h4,6-8,10,12-13,18H,5,9,11,14-15H2,1-3H3,(H,26,27)(H2,23,24,25). The molecule has 2 aromatic rings. The molecule has 1 saturated heterocycles. The van der Waals surface area contributed by atoms with Gasteiger partial charge in [-0.15, -0.1) is 11.3 Å². The maximum atomic E-state index is 12.2. The SMILES string of the molecule is CN=C(NCc1cccc(NC(=O)C2CCCO2)c1)NCC(C)(C)c1cccs1. The summed E-state index contributed by atoms with van der Waals surface area (Å²) in [5.41, 5.74) is 1.88. The number of carbonyl (C=O) groups is 1. The topological polar surface area (TPSA) is 74.8 Å². The molecule has 1 aromatic carbocycles. The number of nitrogens with one attached hydrogen (secondary N) is 3. The number of hydrogen-bond acceptors (Lipinski definition) is 4. The van der Waals surface area contributed by atoms with Crippen molar-refractivity contribution < 1.29 is 9.53 Å². The Bertz CT molecular complexity index is 827. The molecule has 156 valence electrons. The fraction of sp³-hybridized carbons (Fsp3) is 0.455. The lowest BCUT2D eigenvalue weighted by Crippen LogP contribution is -2.42. The molecule has 1 aliphatic rings. The Labute approximate surface area is 176 Å². The van der Waals surface area contributed by atoms with Gasteiger partial charge in [0, 0.05) is 42.7 Å². The molecule has 0 radical (unpaired) electrons. The maximum Gasteiger partial charge on any atom is 0.253 e. The highest BCUT2D eigenvalue weighted by atomic mass is 32.1. The molecule has 1 unspecified atom stereocenters. The number of rotatable bonds is 7. The van der Waals surface area contributed by atoms with Crippen molar-refractivity contribution in [2.75, 3.05) is 25.5 Å². The van der Waals surface area contributed by atoms with Gasteiger partial charge in [-0.1, -0.05) is 32.0 Å². The quantitative estimate of drug-likeness (QED) is 0.479. The van der Waals surface area contributed by atoms with Crippen molar-refractivity contribution >= 4 is 28.9 Å². The Kier molecular flexibility index (Phi) is 7.28. The van der Waals surface area contributed by atoms with Crippen molar-refractivity contribution in [2.45, 2.75) is 44.8 Å². The Hall–Kier alpha value is -2.38. The monoisotopic (exact) mass is 414 g/mol. The van der Waals surface area contributed by atoms with Gasteiger partial charge in [-0.3, -0.25) is 9.79 Å². The molecule has 0 bridgehead atoms. The highest BCUT2D eigenvalue weighted by Gasteiger charge is 2.24. The molecule has 6 nitrogen and oxygen atoms in total. The third-order valence-corrected chi connectivity index (χ3v) is 6.22. The van der Waals surface area contributed by atoms with E-state index in [0.29, 0.717) is 13.2 Å². The molecule has 0 spiro atoms. The first-order valence-electron chi connectivity index (χ1n) is 9.98. The number of carbonyl (C=O) groups excluding carboxylic acids is 1. The molecule has 0 saturated carbocycles. The zero-order valence-electron chi connectivity index (χ0n) is 17.3. The van der Waals surface area contributed by atoms with Crippen LogP contribution >= 0.6 is 11.3 Å². The molecule has 7 heteroatoms. The number of thiophene rings is 1. The fourth-order valence-corrected chi connectivity index (χ4v) is 4.08. The van der Waals surface area contributed by atoms with Crippen LogP contribution in [0.5, 0.6) is 0 Å². The molecule has 29 heavy (non-hydrogen) atoms. The molecule has 1 fully saturated rings. The first-order chi connectivity index (χ1) is 14.0. The van der Waals surface area contributed by atoms with Crippen LogP contribution in [0.4, 0.5) is 5.69 Å². The van der Waals surface area contributed by atoms with Crippen LogP contribution in [0.25, 0.3) is 0 Å². The number of aliphatic imine (C=N–C) groups is 1. The normalized spacial score (nSPS) is 17.2. The molecule has 1 aromatic heterocycles. The summed E-state index contributed by atoms with van der Waals surface area (Å²) in [6.07, 6.45) is 1.40. The van der Waals surface area contributed by atoms with E-state index in [1.165, 1.54) is 4.88 Å². The Morgan fingerprint density at radius 1 is 1.28 bits per heavy atom. The third-order valence-electron chi connectivity index (χ3n) is 4.99. The zero-order valence-corrected chi connectivity index (χ0v) is 18.1. The number of amides is 1. The van der Waals surface area contributed by atoms with Crippen LogP contribution in [0, 0.1) is 0 Å². The highest BCUT2D eigenvalue weighted by molar-refractivity contribution is 7.10. The zero-order chi connectivity index (χ0) is 20.7. The molecule has 1 aliphatic heterocycles. The van der Waals surface area contributed by atoms with E-state index in [0.717, 1.165) is 36.6 Å². The van der Waals surface area contributed by atoms with Crippen molar-refractivity contribution in [1.29, 1.82) is 0 Å². The summed E-state index contributed by atoms with van der Waals surface area (Å²) in [4.78, 5) is 17.9. The van der Waals surface area contributed by atoms with Crippen molar-refractivity contribution in [3.8, 4) is 0 Å². The van der Waals surface area contributed by atoms with Crippen LogP contribution in [0.15, 0.2) is 46.8 Å². The van der Waals surface area contributed by atoms with E-state index in [1.54, 1.807) is 18.4 Å². The Balaban J connectivity index is 1.51. The summed E-state index contributed by atoms with van der Waals surface area (Å²) in [5.74, 6) is 0.685. The van der Waals surface area contributed by atoms with Crippen molar-refractivity contribution in [1.82, 2.24) is 10.6 Å². The molecular weight excluding hydrogens is 384 g/mol. The molecule has 1 amide bonds. The lowest BCUT2D eigenvalue weighted by atomic mass is 9.91. The number of guanidine groups is 1. The summed E-state index contributed by atoms with van der Waals surface area (Å²) < 4.78 is 5.44. The second-order valence-corrected chi connectivity index (χ2v) is 8.78. The van der Waals surface area contributed by atoms with Crippen LogP contribution in [0.2, 0.25) is 0 Å². The average Bonchev–Trinajstić information content (AvgIpc) is 3.42. The van der Waals surface area contributed by atoms with Gasteiger partial charge in [-0.2, -0.15) is 0 Å². The van der Waals surface area contributed by atoms with E-state index < -0.39 is 0 Å². The fourth-order valence-electron chi connectivity index (χ4n) is 3.23. The lowest BCUT2D eigenvalue weighted by molar-refractivity contribution is -0.124. The van der Waals surface area contributed by atoms with Crippen molar-refractivity contribution in [2.24, 2.45) is 4.99 Å². The van der Waals surface area contributed by atoms with Gasteiger partial charge in [0.25, 0.3) is 5.91 Å². The third kappa shape index (κ3) is 6.05. The van der Waals surface area contributed by atoms with Crippen LogP contribution in [-0.2, 0) is 21.5 Å². The van der Waals surface area contributed by atoms with Gasteiger partial charge < -0.3 is 20.7 Å². The van der Waals surface area contributed by atoms with Gasteiger partial charge in [-0.05, 0) is 42.0 Å².